The number of para-hydroxylation sites is 1. The van der Waals surface area contributed by atoms with E-state index in [0.717, 1.165) is 16.7 Å². The third-order valence-electron chi connectivity index (χ3n) is 10.4. The van der Waals surface area contributed by atoms with Gasteiger partial charge in [-0.15, -0.1) is 0 Å². The molecule has 0 saturated heterocycles. The number of aromatic amines is 1. The number of nitrogens with one attached hydrogen (secondary N) is 2. The summed E-state index contributed by atoms with van der Waals surface area (Å²) in [5, 5.41) is 3.48. The lowest BCUT2D eigenvalue weighted by Crippen LogP contribution is -2.54. The third kappa shape index (κ3) is 8.39. The van der Waals surface area contributed by atoms with Gasteiger partial charge in [0.2, 0.25) is 17.7 Å². The molecule has 2 aliphatic heterocycles. The molecule has 0 radical (unpaired) electrons. The van der Waals surface area contributed by atoms with E-state index in [0.29, 0.717) is 42.0 Å². The van der Waals surface area contributed by atoms with Crippen LogP contribution in [0.25, 0.3) is 10.9 Å². The van der Waals surface area contributed by atoms with Crippen molar-refractivity contribution in [2.45, 2.75) is 90.0 Å². The van der Waals surface area contributed by atoms with Gasteiger partial charge >= 0.3 is 7.60 Å². The van der Waals surface area contributed by atoms with E-state index in [1.54, 1.807) is 0 Å². The predicted octanol–water partition coefficient (Wildman–Crippen LogP) is 5.06. The maximum Gasteiger partial charge on any atom is 0.396 e. The summed E-state index contributed by atoms with van der Waals surface area (Å²) in [5.74, 6) is -2.03. The highest BCUT2D eigenvalue weighted by Crippen LogP contribution is 2.42. The number of H-pyrrole nitrogens is 1. The van der Waals surface area contributed by atoms with Gasteiger partial charge in [-0.3, -0.25) is 33.4 Å². The third-order valence-corrected chi connectivity index (χ3v) is 11.2. The second kappa shape index (κ2) is 15.8. The smallest absolute Gasteiger partial charge is 0.372 e. The zero-order valence-electron chi connectivity index (χ0n) is 30.4. The number of carbonyl (C=O) groups excluding carboxylic acids is 5. The molecule has 0 unspecified atom stereocenters. The van der Waals surface area contributed by atoms with Crippen LogP contribution in [0.3, 0.4) is 0 Å². The Bertz CT molecular complexity index is 2170. The maximum atomic E-state index is 14.4. The fourth-order valence-corrected chi connectivity index (χ4v) is 7.87. The molecule has 0 spiro atoms. The van der Waals surface area contributed by atoms with Gasteiger partial charge in [-0.1, -0.05) is 56.3 Å². The molecule has 0 aliphatic carbocycles. The maximum absolute atomic E-state index is 14.4. The Labute approximate surface area is 312 Å². The summed E-state index contributed by atoms with van der Waals surface area (Å²) >= 11 is 0. The summed E-state index contributed by atoms with van der Waals surface area (Å²) in [4.78, 5) is 89.3. The molecule has 0 bridgehead atoms. The molecule has 0 saturated carbocycles. The highest BCUT2D eigenvalue weighted by atomic mass is 31.2. The van der Waals surface area contributed by atoms with Crippen LogP contribution in [-0.2, 0) is 43.1 Å². The van der Waals surface area contributed by atoms with Crippen LogP contribution < -0.4 is 16.0 Å². The van der Waals surface area contributed by atoms with E-state index < -0.39 is 49.0 Å². The zero-order valence-corrected chi connectivity index (χ0v) is 31.3. The van der Waals surface area contributed by atoms with Crippen molar-refractivity contribution in [2.75, 3.05) is 4.90 Å². The molecule has 14 heteroatoms. The predicted molar refractivity (Wildman–Crippen MR) is 202 cm³/mol. The number of Topliss-reactive ketones (excluding diaryl/α,β-unsaturated/α-hetero) is 1. The lowest BCUT2D eigenvalue weighted by atomic mass is 9.93. The van der Waals surface area contributed by atoms with Crippen molar-refractivity contribution in [2.24, 2.45) is 11.7 Å². The lowest BCUT2D eigenvalue weighted by Gasteiger charge is -2.31. The minimum absolute atomic E-state index is 0.0262. The number of aryl methyl sites for hydroxylation is 1. The quantitative estimate of drug-likeness (QED) is 0.0810. The summed E-state index contributed by atoms with van der Waals surface area (Å²) in [6.07, 6.45) is 0.779. The summed E-state index contributed by atoms with van der Waals surface area (Å²) < 4.78 is 17.7. The van der Waals surface area contributed by atoms with Gasteiger partial charge in [0.1, 0.15) is 6.04 Å². The average Bonchev–Trinajstić information content (AvgIpc) is 3.71. The van der Waals surface area contributed by atoms with Gasteiger partial charge in [0.15, 0.2) is 5.78 Å². The number of benzene rings is 3. The summed E-state index contributed by atoms with van der Waals surface area (Å²) in [7, 11) is -5.00. The van der Waals surface area contributed by atoms with E-state index >= 15 is 0 Å². The highest BCUT2D eigenvalue weighted by molar-refractivity contribution is 7.70. The van der Waals surface area contributed by atoms with Gasteiger partial charge in [-0.25, -0.2) is 0 Å². The second-order valence-corrected chi connectivity index (χ2v) is 16.1. The number of aromatic nitrogens is 1. The Morgan fingerprint density at radius 3 is 2.48 bits per heavy atom. The van der Waals surface area contributed by atoms with Crippen LogP contribution in [0.1, 0.15) is 95.5 Å². The van der Waals surface area contributed by atoms with Crippen molar-refractivity contribution in [1.29, 1.82) is 0 Å². The van der Waals surface area contributed by atoms with Crippen molar-refractivity contribution in [3.63, 3.8) is 0 Å². The van der Waals surface area contributed by atoms with Gasteiger partial charge in [-0.05, 0) is 78.6 Å². The monoisotopic (exact) mass is 756 g/mol. The summed E-state index contributed by atoms with van der Waals surface area (Å²) in [6.45, 7) is 6.36. The molecule has 4 aromatic rings. The molecule has 6 rings (SSSR count). The van der Waals surface area contributed by atoms with Gasteiger partial charge in [0.25, 0.3) is 5.52 Å². The van der Waals surface area contributed by atoms with Crippen molar-refractivity contribution < 1.29 is 43.1 Å². The summed E-state index contributed by atoms with van der Waals surface area (Å²) in [5.41, 5.74) is 9.26. The molecule has 3 amide bonds. The molecule has 13 nitrogen and oxygen atoms in total. The highest BCUT2D eigenvalue weighted by Gasteiger charge is 2.44. The normalized spacial score (nSPS) is 18.0. The van der Waals surface area contributed by atoms with E-state index in [4.69, 9.17) is 10.5 Å². The van der Waals surface area contributed by atoms with Gasteiger partial charge < -0.3 is 30.6 Å². The first kappa shape index (κ1) is 38.8. The standard InChI is InChI=1S/C40H45N4O9P/c1-22(2)26-8-4-6-24(16-26)21-53-23(3)31(14-15-36(41)46)43-38(47)34-19-27-9-5-7-25-10-11-28(39(48)44(34)37(25)27)20-35(45)33-18-30-17-29(12-13-32(30)42-33)40(49)54(50,51)52/h4-9,12-13,16-18,22-23,28,31,34,42H,10-11,14-15,19-21H2,1-3H3,(H2,41,46)(H,43,47)(H2,50,51,52)/t23-,28-,31+,34+/m1/s1. The minimum Gasteiger partial charge on any atom is -0.372 e. The number of fused-ring (bicyclic) bond motifs is 1. The number of carbonyl (C=O) groups is 5. The van der Waals surface area contributed by atoms with Crippen LogP contribution >= 0.6 is 7.60 Å². The van der Waals surface area contributed by atoms with E-state index in [-0.39, 0.29) is 48.6 Å². The van der Waals surface area contributed by atoms with Crippen LogP contribution in [0, 0.1) is 5.92 Å². The Morgan fingerprint density at radius 2 is 1.76 bits per heavy atom. The molecular formula is C40H45N4O9P. The second-order valence-electron chi connectivity index (χ2n) is 14.6. The molecule has 54 heavy (non-hydrogen) atoms. The number of primary amides is 1. The largest absolute Gasteiger partial charge is 0.396 e. The zero-order chi connectivity index (χ0) is 38.9. The first-order valence-corrected chi connectivity index (χ1v) is 19.7. The van der Waals surface area contributed by atoms with E-state index in [9.17, 15) is 38.3 Å². The van der Waals surface area contributed by atoms with Crippen molar-refractivity contribution in [1.82, 2.24) is 10.3 Å². The molecule has 1 aromatic heterocycles. The number of anilines is 1. The van der Waals surface area contributed by atoms with E-state index in [1.807, 2.05) is 37.3 Å². The van der Waals surface area contributed by atoms with Crippen LogP contribution in [0.5, 0.6) is 0 Å². The first-order valence-electron chi connectivity index (χ1n) is 18.1. The van der Waals surface area contributed by atoms with Crippen molar-refractivity contribution in [3.8, 4) is 0 Å². The summed E-state index contributed by atoms with van der Waals surface area (Å²) in [6, 6.07) is 17.9. The molecule has 6 N–H and O–H groups in total. The molecule has 2 aliphatic rings. The van der Waals surface area contributed by atoms with Crippen molar-refractivity contribution in [3.05, 3.63) is 100 Å². The van der Waals surface area contributed by atoms with E-state index in [2.05, 4.69) is 36.3 Å². The van der Waals surface area contributed by atoms with Gasteiger partial charge in [0, 0.05) is 41.6 Å². The molecule has 3 heterocycles. The number of nitrogens with zero attached hydrogens (tertiary/aromatic N) is 1. The van der Waals surface area contributed by atoms with Crippen LogP contribution in [-0.4, -0.2) is 62.0 Å². The number of hydrogen-bond donors (Lipinski definition) is 5. The fourth-order valence-electron chi connectivity index (χ4n) is 7.39. The van der Waals surface area contributed by atoms with Gasteiger partial charge in [-0.2, -0.15) is 0 Å². The topological polar surface area (TPSA) is 209 Å². The fraction of sp³-hybridized carbons (Fsp3) is 0.375. The number of nitrogens with two attached hydrogens (primary N) is 1. The van der Waals surface area contributed by atoms with Crippen LogP contribution in [0.4, 0.5) is 5.69 Å². The average molecular weight is 757 g/mol. The number of ketones is 1. The molecule has 3 aromatic carbocycles. The van der Waals surface area contributed by atoms with Gasteiger partial charge in [0.05, 0.1) is 30.1 Å². The lowest BCUT2D eigenvalue weighted by molar-refractivity contribution is -0.129. The Balaban J connectivity index is 1.20. The van der Waals surface area contributed by atoms with Crippen LogP contribution in [0.15, 0.2) is 66.7 Å². The minimum atomic E-state index is -5.00. The molecule has 4 atom stereocenters. The SMILES string of the molecule is CC(C)c1cccc(CO[C@H](C)[C@H](CCC(N)=O)NC(=O)[C@@H]2Cc3cccc4c3N2C(=O)[C@@H](CC(=O)c2cc3cc(C(=O)P(=O)(O)O)ccc3[nH]2)CC4)c1. The Kier molecular flexibility index (Phi) is 11.3. The molecular weight excluding hydrogens is 711 g/mol. The Morgan fingerprint density at radius 1 is 1.02 bits per heavy atom. The number of hydrogen-bond acceptors (Lipinski definition) is 7. The number of rotatable bonds is 15. The first-order chi connectivity index (χ1) is 25.6. The van der Waals surface area contributed by atoms with Crippen LogP contribution in [0.2, 0.25) is 0 Å². The van der Waals surface area contributed by atoms with Crippen molar-refractivity contribution >= 4 is 53.2 Å². The molecule has 284 valence electrons. The van der Waals surface area contributed by atoms with E-state index in [1.165, 1.54) is 34.7 Å². The molecule has 0 fully saturated rings. The Hall–Kier alpha value is -4.94. The number of amides is 3. The number of ether oxygens (including phenoxy) is 1.